The lowest BCUT2D eigenvalue weighted by Gasteiger charge is -2.10. The van der Waals surface area contributed by atoms with Crippen LogP contribution in [-0.2, 0) is 0 Å². The van der Waals surface area contributed by atoms with Crippen molar-refractivity contribution in [1.82, 2.24) is 0 Å². The van der Waals surface area contributed by atoms with E-state index in [4.69, 9.17) is 16.9 Å². The van der Waals surface area contributed by atoms with Crippen LogP contribution in [0, 0.1) is 18.3 Å². The Kier molecular flexibility index (Phi) is 3.03. The third-order valence-corrected chi connectivity index (χ3v) is 3.07. The largest absolute Gasteiger partial charge is 0.507 e. The van der Waals surface area contributed by atoms with E-state index >= 15 is 0 Å². The van der Waals surface area contributed by atoms with Gasteiger partial charge in [0.25, 0.3) is 0 Å². The summed E-state index contributed by atoms with van der Waals surface area (Å²) in [4.78, 5) is 0. The molecule has 1 N–H and O–H groups in total. The maximum atomic E-state index is 9.89. The summed E-state index contributed by atoms with van der Waals surface area (Å²) in [6, 6.07) is 12.4. The molecule has 0 bridgehead atoms. The molecule has 0 aliphatic rings. The van der Waals surface area contributed by atoms with Crippen LogP contribution in [0.1, 0.15) is 11.1 Å². The SMILES string of the molecule is Cc1c(Cl)ccc(O)c1-c1cccc(C#N)c1. The van der Waals surface area contributed by atoms with Crippen LogP contribution in [-0.4, -0.2) is 5.11 Å². The van der Waals surface area contributed by atoms with Gasteiger partial charge in [-0.05, 0) is 42.3 Å². The van der Waals surface area contributed by atoms with Crippen LogP contribution in [0.2, 0.25) is 5.02 Å². The molecule has 0 amide bonds. The predicted molar refractivity (Wildman–Crippen MR) is 68.0 cm³/mol. The Hall–Kier alpha value is -1.98. The van der Waals surface area contributed by atoms with Gasteiger partial charge >= 0.3 is 0 Å². The summed E-state index contributed by atoms with van der Waals surface area (Å²) < 4.78 is 0. The number of nitrogens with zero attached hydrogens (tertiary/aromatic N) is 1. The molecule has 0 aromatic heterocycles. The molecule has 2 aromatic rings. The van der Waals surface area contributed by atoms with E-state index in [2.05, 4.69) is 6.07 Å². The van der Waals surface area contributed by atoms with Crippen molar-refractivity contribution in [2.75, 3.05) is 0 Å². The quantitative estimate of drug-likeness (QED) is 0.826. The number of phenolic OH excluding ortho intramolecular Hbond substituents is 1. The fraction of sp³-hybridized carbons (Fsp3) is 0.0714. The normalized spacial score (nSPS) is 9.94. The van der Waals surface area contributed by atoms with Crippen molar-refractivity contribution >= 4 is 11.6 Å². The zero-order valence-electron chi connectivity index (χ0n) is 9.24. The Morgan fingerprint density at radius 3 is 2.71 bits per heavy atom. The first kappa shape index (κ1) is 11.5. The van der Waals surface area contributed by atoms with Crippen LogP contribution in [0.15, 0.2) is 36.4 Å². The predicted octanol–water partition coefficient (Wildman–Crippen LogP) is 3.89. The maximum absolute atomic E-state index is 9.89. The van der Waals surface area contributed by atoms with Crippen molar-refractivity contribution < 1.29 is 5.11 Å². The molecule has 2 aromatic carbocycles. The zero-order chi connectivity index (χ0) is 12.4. The fourth-order valence-corrected chi connectivity index (χ4v) is 1.94. The first-order valence-corrected chi connectivity index (χ1v) is 5.50. The molecule has 0 saturated heterocycles. The van der Waals surface area contributed by atoms with Gasteiger partial charge in [0.05, 0.1) is 11.6 Å². The summed E-state index contributed by atoms with van der Waals surface area (Å²) in [7, 11) is 0. The first-order valence-electron chi connectivity index (χ1n) is 5.12. The summed E-state index contributed by atoms with van der Waals surface area (Å²) in [5.74, 6) is 0.169. The van der Waals surface area contributed by atoms with E-state index in [0.29, 0.717) is 16.1 Å². The highest BCUT2D eigenvalue weighted by Crippen LogP contribution is 2.36. The average molecular weight is 244 g/mol. The molecule has 2 nitrogen and oxygen atoms in total. The summed E-state index contributed by atoms with van der Waals surface area (Å²) in [6.45, 7) is 1.84. The Morgan fingerprint density at radius 2 is 2.00 bits per heavy atom. The van der Waals surface area contributed by atoms with E-state index in [1.165, 1.54) is 0 Å². The molecule has 0 fully saturated rings. The third-order valence-electron chi connectivity index (χ3n) is 2.66. The minimum atomic E-state index is 0.169. The minimum Gasteiger partial charge on any atom is -0.507 e. The molecule has 0 aliphatic carbocycles. The van der Waals surface area contributed by atoms with Gasteiger partial charge in [-0.2, -0.15) is 5.26 Å². The number of rotatable bonds is 1. The van der Waals surface area contributed by atoms with Crippen LogP contribution in [0.4, 0.5) is 0 Å². The second-order valence-corrected chi connectivity index (χ2v) is 4.17. The molecule has 0 unspecified atom stereocenters. The lowest BCUT2D eigenvalue weighted by Crippen LogP contribution is -1.87. The second kappa shape index (κ2) is 4.48. The number of hydrogen-bond acceptors (Lipinski definition) is 2. The maximum Gasteiger partial charge on any atom is 0.123 e. The molecule has 0 spiro atoms. The van der Waals surface area contributed by atoms with Gasteiger partial charge in [0.15, 0.2) is 0 Å². The van der Waals surface area contributed by atoms with Crippen molar-refractivity contribution in [1.29, 1.82) is 5.26 Å². The summed E-state index contributed by atoms with van der Waals surface area (Å²) in [5, 5.41) is 19.4. The molecule has 0 saturated carbocycles. The number of phenols is 1. The smallest absolute Gasteiger partial charge is 0.123 e. The minimum absolute atomic E-state index is 0.169. The highest BCUT2D eigenvalue weighted by Gasteiger charge is 2.10. The first-order chi connectivity index (χ1) is 8.13. The van der Waals surface area contributed by atoms with Crippen molar-refractivity contribution in [3.05, 3.63) is 52.5 Å². The lowest BCUT2D eigenvalue weighted by molar-refractivity contribution is 0.477. The molecule has 84 valence electrons. The van der Waals surface area contributed by atoms with Crippen molar-refractivity contribution in [2.45, 2.75) is 6.92 Å². The van der Waals surface area contributed by atoms with Crippen LogP contribution in [0.25, 0.3) is 11.1 Å². The van der Waals surface area contributed by atoms with Gasteiger partial charge in [-0.15, -0.1) is 0 Å². The number of nitriles is 1. The van der Waals surface area contributed by atoms with Crippen molar-refractivity contribution in [2.24, 2.45) is 0 Å². The highest BCUT2D eigenvalue weighted by atomic mass is 35.5. The third kappa shape index (κ3) is 2.11. The van der Waals surface area contributed by atoms with Crippen LogP contribution in [0.5, 0.6) is 5.75 Å². The van der Waals surface area contributed by atoms with E-state index in [1.54, 1.807) is 30.3 Å². The van der Waals surface area contributed by atoms with E-state index < -0.39 is 0 Å². The lowest BCUT2D eigenvalue weighted by atomic mass is 9.98. The average Bonchev–Trinajstić information content (AvgIpc) is 2.35. The van der Waals surface area contributed by atoms with Gasteiger partial charge in [-0.1, -0.05) is 23.7 Å². The Balaban J connectivity index is 2.68. The number of hydrogen-bond donors (Lipinski definition) is 1. The number of benzene rings is 2. The molecular weight excluding hydrogens is 234 g/mol. The highest BCUT2D eigenvalue weighted by molar-refractivity contribution is 6.31. The topological polar surface area (TPSA) is 44.0 Å². The Morgan fingerprint density at radius 1 is 1.24 bits per heavy atom. The monoisotopic (exact) mass is 243 g/mol. The molecule has 17 heavy (non-hydrogen) atoms. The Bertz CT molecular complexity index is 614. The van der Waals surface area contributed by atoms with Gasteiger partial charge in [-0.25, -0.2) is 0 Å². The van der Waals surface area contributed by atoms with Gasteiger partial charge < -0.3 is 5.11 Å². The molecule has 0 aliphatic heterocycles. The molecule has 0 heterocycles. The van der Waals surface area contributed by atoms with Gasteiger partial charge in [0.2, 0.25) is 0 Å². The molecule has 3 heteroatoms. The van der Waals surface area contributed by atoms with Crippen LogP contribution < -0.4 is 0 Å². The number of halogens is 1. The Labute approximate surface area is 105 Å². The molecule has 0 radical (unpaired) electrons. The zero-order valence-corrected chi connectivity index (χ0v) is 9.99. The van der Waals surface area contributed by atoms with E-state index in [1.807, 2.05) is 13.0 Å². The van der Waals surface area contributed by atoms with E-state index in [0.717, 1.165) is 11.1 Å². The van der Waals surface area contributed by atoms with Crippen LogP contribution >= 0.6 is 11.6 Å². The van der Waals surface area contributed by atoms with E-state index in [-0.39, 0.29) is 5.75 Å². The number of aromatic hydroxyl groups is 1. The standard InChI is InChI=1S/C14H10ClNO/c1-9-12(15)5-6-13(17)14(9)11-4-2-3-10(7-11)8-16/h2-7,17H,1H3. The van der Waals surface area contributed by atoms with Crippen LogP contribution in [0.3, 0.4) is 0 Å². The fourth-order valence-electron chi connectivity index (χ4n) is 1.78. The van der Waals surface area contributed by atoms with Gasteiger partial charge in [0, 0.05) is 10.6 Å². The second-order valence-electron chi connectivity index (χ2n) is 3.76. The summed E-state index contributed by atoms with van der Waals surface area (Å²) in [5.41, 5.74) is 2.83. The van der Waals surface area contributed by atoms with Crippen molar-refractivity contribution in [3.63, 3.8) is 0 Å². The summed E-state index contributed by atoms with van der Waals surface area (Å²) in [6.07, 6.45) is 0. The van der Waals surface area contributed by atoms with Gasteiger partial charge in [-0.3, -0.25) is 0 Å². The molecular formula is C14H10ClNO. The van der Waals surface area contributed by atoms with Gasteiger partial charge in [0.1, 0.15) is 5.75 Å². The summed E-state index contributed by atoms with van der Waals surface area (Å²) >= 11 is 6.03. The van der Waals surface area contributed by atoms with Crippen molar-refractivity contribution in [3.8, 4) is 22.9 Å². The molecule has 2 rings (SSSR count). The molecule has 0 atom stereocenters. The van der Waals surface area contributed by atoms with E-state index in [9.17, 15) is 5.11 Å².